The van der Waals surface area contributed by atoms with Crippen LogP contribution in [0, 0.1) is 12.8 Å². The standard InChI is InChI=1S/C13H20N2/c1-10-3-4-12(8-14)13(7-10)15-6-5-11(2)9-15/h3-4,7,11H,5-6,8-9,14H2,1-2H3. The third-order valence-corrected chi connectivity index (χ3v) is 3.23. The molecule has 2 nitrogen and oxygen atoms in total. The van der Waals surface area contributed by atoms with Gasteiger partial charge in [0.15, 0.2) is 0 Å². The SMILES string of the molecule is Cc1ccc(CN)c(N2CCC(C)C2)c1. The van der Waals surface area contributed by atoms with Crippen LogP contribution in [0.3, 0.4) is 0 Å². The summed E-state index contributed by atoms with van der Waals surface area (Å²) in [6.07, 6.45) is 1.30. The number of benzene rings is 1. The molecule has 2 heteroatoms. The molecule has 1 unspecified atom stereocenters. The van der Waals surface area contributed by atoms with Crippen LogP contribution in [0.2, 0.25) is 0 Å². The maximum atomic E-state index is 5.78. The van der Waals surface area contributed by atoms with Gasteiger partial charge >= 0.3 is 0 Å². The summed E-state index contributed by atoms with van der Waals surface area (Å²) in [5.41, 5.74) is 9.72. The van der Waals surface area contributed by atoms with Crippen molar-refractivity contribution in [2.45, 2.75) is 26.8 Å². The summed E-state index contributed by atoms with van der Waals surface area (Å²) in [6, 6.07) is 6.57. The molecule has 0 aliphatic carbocycles. The third kappa shape index (κ3) is 2.15. The van der Waals surface area contributed by atoms with Crippen LogP contribution in [0.5, 0.6) is 0 Å². The molecule has 1 aliphatic rings. The number of nitrogens with zero attached hydrogens (tertiary/aromatic N) is 1. The maximum Gasteiger partial charge on any atom is 0.0414 e. The summed E-state index contributed by atoms with van der Waals surface area (Å²) in [5.74, 6) is 0.816. The van der Waals surface area contributed by atoms with Crippen LogP contribution >= 0.6 is 0 Å². The molecule has 0 aromatic heterocycles. The van der Waals surface area contributed by atoms with E-state index in [0.29, 0.717) is 6.54 Å². The van der Waals surface area contributed by atoms with Crippen molar-refractivity contribution < 1.29 is 0 Å². The Kier molecular flexibility index (Phi) is 2.96. The van der Waals surface area contributed by atoms with Crippen LogP contribution in [-0.2, 0) is 6.54 Å². The fourth-order valence-corrected chi connectivity index (χ4v) is 2.29. The summed E-state index contributed by atoms with van der Waals surface area (Å²) in [7, 11) is 0. The predicted molar refractivity (Wildman–Crippen MR) is 65.1 cm³/mol. The van der Waals surface area contributed by atoms with Gasteiger partial charge < -0.3 is 10.6 Å². The van der Waals surface area contributed by atoms with E-state index < -0.39 is 0 Å². The van der Waals surface area contributed by atoms with Gasteiger partial charge in [-0.1, -0.05) is 19.1 Å². The predicted octanol–water partition coefficient (Wildman–Crippen LogP) is 2.30. The summed E-state index contributed by atoms with van der Waals surface area (Å²) >= 11 is 0. The van der Waals surface area contributed by atoms with E-state index in [9.17, 15) is 0 Å². The first-order valence-corrected chi connectivity index (χ1v) is 5.75. The largest absolute Gasteiger partial charge is 0.371 e. The number of rotatable bonds is 2. The molecule has 1 aliphatic heterocycles. The van der Waals surface area contributed by atoms with Gasteiger partial charge in [-0.3, -0.25) is 0 Å². The minimum Gasteiger partial charge on any atom is -0.371 e. The maximum absolute atomic E-state index is 5.78. The highest BCUT2D eigenvalue weighted by Gasteiger charge is 2.20. The van der Waals surface area contributed by atoms with Crippen molar-refractivity contribution in [3.8, 4) is 0 Å². The Labute approximate surface area is 92.1 Å². The van der Waals surface area contributed by atoms with Gasteiger partial charge in [-0.05, 0) is 36.5 Å². The van der Waals surface area contributed by atoms with Crippen molar-refractivity contribution in [1.29, 1.82) is 0 Å². The van der Waals surface area contributed by atoms with Gasteiger partial charge in [0.25, 0.3) is 0 Å². The first kappa shape index (κ1) is 10.5. The quantitative estimate of drug-likeness (QED) is 0.801. The normalized spacial score (nSPS) is 21.0. The molecule has 0 amide bonds. The molecule has 1 aromatic rings. The van der Waals surface area contributed by atoms with Crippen molar-refractivity contribution >= 4 is 5.69 Å². The Morgan fingerprint density at radius 2 is 2.27 bits per heavy atom. The lowest BCUT2D eigenvalue weighted by atomic mass is 10.1. The van der Waals surface area contributed by atoms with Crippen LogP contribution in [0.15, 0.2) is 18.2 Å². The lowest BCUT2D eigenvalue weighted by Gasteiger charge is -2.22. The Morgan fingerprint density at radius 1 is 1.47 bits per heavy atom. The Morgan fingerprint density at radius 3 is 2.87 bits per heavy atom. The monoisotopic (exact) mass is 204 g/mol. The highest BCUT2D eigenvalue weighted by Crippen LogP contribution is 2.27. The van der Waals surface area contributed by atoms with Gasteiger partial charge in [-0.2, -0.15) is 0 Å². The van der Waals surface area contributed by atoms with E-state index in [1.807, 2.05) is 0 Å². The fraction of sp³-hybridized carbons (Fsp3) is 0.538. The number of aryl methyl sites for hydroxylation is 1. The van der Waals surface area contributed by atoms with Crippen molar-refractivity contribution in [3.05, 3.63) is 29.3 Å². The fourth-order valence-electron chi connectivity index (χ4n) is 2.29. The van der Waals surface area contributed by atoms with Crippen LogP contribution in [-0.4, -0.2) is 13.1 Å². The summed E-state index contributed by atoms with van der Waals surface area (Å²) in [4.78, 5) is 2.47. The Bertz CT molecular complexity index is 346. The summed E-state index contributed by atoms with van der Waals surface area (Å²) in [6.45, 7) is 7.45. The smallest absolute Gasteiger partial charge is 0.0414 e. The minimum atomic E-state index is 0.639. The van der Waals surface area contributed by atoms with E-state index in [4.69, 9.17) is 5.73 Å². The second-order valence-corrected chi connectivity index (χ2v) is 4.68. The van der Waals surface area contributed by atoms with Gasteiger partial charge in [0.1, 0.15) is 0 Å². The van der Waals surface area contributed by atoms with Crippen LogP contribution in [0.4, 0.5) is 5.69 Å². The van der Waals surface area contributed by atoms with E-state index in [2.05, 4.69) is 36.9 Å². The third-order valence-electron chi connectivity index (χ3n) is 3.23. The number of nitrogens with two attached hydrogens (primary N) is 1. The molecule has 1 saturated heterocycles. The highest BCUT2D eigenvalue weighted by molar-refractivity contribution is 5.56. The Balaban J connectivity index is 2.29. The molecule has 1 heterocycles. The van der Waals surface area contributed by atoms with Crippen LogP contribution in [0.1, 0.15) is 24.5 Å². The van der Waals surface area contributed by atoms with Crippen LogP contribution < -0.4 is 10.6 Å². The van der Waals surface area contributed by atoms with E-state index in [0.717, 1.165) is 5.92 Å². The number of hydrogen-bond acceptors (Lipinski definition) is 2. The highest BCUT2D eigenvalue weighted by atomic mass is 15.2. The topological polar surface area (TPSA) is 29.3 Å². The first-order chi connectivity index (χ1) is 7.20. The molecular weight excluding hydrogens is 184 g/mol. The van der Waals surface area contributed by atoms with Gasteiger partial charge in [-0.25, -0.2) is 0 Å². The van der Waals surface area contributed by atoms with Crippen LogP contribution in [0.25, 0.3) is 0 Å². The number of hydrogen-bond donors (Lipinski definition) is 1. The molecular formula is C13H20N2. The molecule has 1 aromatic carbocycles. The average molecular weight is 204 g/mol. The molecule has 2 N–H and O–H groups in total. The van der Waals surface area contributed by atoms with Crippen molar-refractivity contribution in [2.24, 2.45) is 11.7 Å². The second kappa shape index (κ2) is 4.23. The van der Waals surface area contributed by atoms with E-state index in [1.165, 1.54) is 36.3 Å². The van der Waals surface area contributed by atoms with E-state index in [-0.39, 0.29) is 0 Å². The molecule has 82 valence electrons. The zero-order chi connectivity index (χ0) is 10.8. The molecule has 1 atom stereocenters. The molecule has 0 saturated carbocycles. The zero-order valence-corrected chi connectivity index (χ0v) is 9.66. The molecule has 0 bridgehead atoms. The molecule has 0 radical (unpaired) electrons. The van der Waals surface area contributed by atoms with Crippen molar-refractivity contribution in [3.63, 3.8) is 0 Å². The molecule has 1 fully saturated rings. The van der Waals surface area contributed by atoms with Crippen molar-refractivity contribution in [2.75, 3.05) is 18.0 Å². The average Bonchev–Trinajstić information content (AvgIpc) is 2.65. The Hall–Kier alpha value is -1.02. The lowest BCUT2D eigenvalue weighted by molar-refractivity contribution is 0.659. The first-order valence-electron chi connectivity index (χ1n) is 5.75. The second-order valence-electron chi connectivity index (χ2n) is 4.68. The van der Waals surface area contributed by atoms with E-state index in [1.54, 1.807) is 0 Å². The molecule has 0 spiro atoms. The molecule has 2 rings (SSSR count). The minimum absolute atomic E-state index is 0.639. The zero-order valence-electron chi connectivity index (χ0n) is 9.66. The van der Waals surface area contributed by atoms with Gasteiger partial charge in [-0.15, -0.1) is 0 Å². The summed E-state index contributed by atoms with van der Waals surface area (Å²) in [5, 5.41) is 0. The summed E-state index contributed by atoms with van der Waals surface area (Å²) < 4.78 is 0. The van der Waals surface area contributed by atoms with Gasteiger partial charge in [0.05, 0.1) is 0 Å². The van der Waals surface area contributed by atoms with Gasteiger partial charge in [0.2, 0.25) is 0 Å². The van der Waals surface area contributed by atoms with Crippen molar-refractivity contribution in [1.82, 2.24) is 0 Å². The van der Waals surface area contributed by atoms with Gasteiger partial charge in [0, 0.05) is 25.3 Å². The molecule has 15 heavy (non-hydrogen) atoms. The van der Waals surface area contributed by atoms with E-state index >= 15 is 0 Å². The lowest BCUT2D eigenvalue weighted by Crippen LogP contribution is -2.21. The number of anilines is 1.